The maximum atomic E-state index is 11.2. The molecule has 0 aromatic carbocycles. The molecule has 1 aromatic rings. The Kier molecular flexibility index (Phi) is 3.53. The van der Waals surface area contributed by atoms with E-state index in [4.69, 9.17) is 5.11 Å². The topological polar surface area (TPSA) is 69.6 Å². The second-order valence-corrected chi connectivity index (χ2v) is 3.98. The second kappa shape index (κ2) is 5.09. The summed E-state index contributed by atoms with van der Waals surface area (Å²) in [4.78, 5) is 23.3. The lowest BCUT2D eigenvalue weighted by molar-refractivity contribution is -0.129. The fourth-order valence-corrected chi connectivity index (χ4v) is 1.89. The monoisotopic (exact) mass is 236 g/mol. The molecule has 2 rings (SSSR count). The SMILES string of the molecule is CC(=O)N1CCN(c2ccnc(CO)n2)CC1. The number of anilines is 1. The van der Waals surface area contributed by atoms with Crippen molar-refractivity contribution in [2.24, 2.45) is 0 Å². The summed E-state index contributed by atoms with van der Waals surface area (Å²) in [5.41, 5.74) is 0. The molecule has 1 aliphatic heterocycles. The van der Waals surface area contributed by atoms with Gasteiger partial charge < -0.3 is 14.9 Å². The highest BCUT2D eigenvalue weighted by atomic mass is 16.3. The zero-order chi connectivity index (χ0) is 12.3. The van der Waals surface area contributed by atoms with E-state index in [0.29, 0.717) is 18.9 Å². The highest BCUT2D eigenvalue weighted by Crippen LogP contribution is 2.13. The van der Waals surface area contributed by atoms with Crippen molar-refractivity contribution < 1.29 is 9.90 Å². The molecular weight excluding hydrogens is 220 g/mol. The van der Waals surface area contributed by atoms with Crippen LogP contribution in [0.15, 0.2) is 12.3 Å². The number of rotatable bonds is 2. The minimum atomic E-state index is -0.152. The van der Waals surface area contributed by atoms with Crippen LogP contribution in [0.4, 0.5) is 5.82 Å². The first-order chi connectivity index (χ1) is 8.20. The molecule has 1 amide bonds. The van der Waals surface area contributed by atoms with Crippen LogP contribution in [0.3, 0.4) is 0 Å². The van der Waals surface area contributed by atoms with Gasteiger partial charge >= 0.3 is 0 Å². The lowest BCUT2D eigenvalue weighted by Gasteiger charge is -2.34. The zero-order valence-corrected chi connectivity index (χ0v) is 9.83. The Hall–Kier alpha value is -1.69. The molecule has 0 saturated carbocycles. The average Bonchev–Trinajstić information content (AvgIpc) is 2.39. The van der Waals surface area contributed by atoms with Gasteiger partial charge in [-0.05, 0) is 6.07 Å². The minimum Gasteiger partial charge on any atom is -0.388 e. The van der Waals surface area contributed by atoms with Crippen LogP contribution in [0, 0.1) is 0 Å². The fourth-order valence-electron chi connectivity index (χ4n) is 1.89. The molecular formula is C11H16N4O2. The third-order valence-electron chi connectivity index (χ3n) is 2.88. The van der Waals surface area contributed by atoms with Crippen LogP contribution >= 0.6 is 0 Å². The van der Waals surface area contributed by atoms with E-state index < -0.39 is 0 Å². The van der Waals surface area contributed by atoms with Gasteiger partial charge in [-0.3, -0.25) is 4.79 Å². The van der Waals surface area contributed by atoms with Crippen LogP contribution < -0.4 is 4.90 Å². The van der Waals surface area contributed by atoms with Crippen LogP contribution in [0.1, 0.15) is 12.7 Å². The number of hydrogen-bond acceptors (Lipinski definition) is 5. The van der Waals surface area contributed by atoms with Gasteiger partial charge in [-0.2, -0.15) is 0 Å². The maximum absolute atomic E-state index is 11.2. The Morgan fingerprint density at radius 1 is 1.41 bits per heavy atom. The van der Waals surface area contributed by atoms with Crippen molar-refractivity contribution in [1.29, 1.82) is 0 Å². The predicted molar refractivity (Wildman–Crippen MR) is 62.4 cm³/mol. The molecule has 92 valence electrons. The van der Waals surface area contributed by atoms with Gasteiger partial charge in [0, 0.05) is 39.3 Å². The highest BCUT2D eigenvalue weighted by Gasteiger charge is 2.19. The van der Waals surface area contributed by atoms with Gasteiger partial charge in [0.1, 0.15) is 12.4 Å². The molecule has 17 heavy (non-hydrogen) atoms. The molecule has 1 aliphatic rings. The Morgan fingerprint density at radius 3 is 2.71 bits per heavy atom. The number of piperazine rings is 1. The van der Waals surface area contributed by atoms with Crippen molar-refractivity contribution in [3.8, 4) is 0 Å². The van der Waals surface area contributed by atoms with Crippen molar-refractivity contribution in [3.05, 3.63) is 18.1 Å². The number of aromatic nitrogens is 2. The normalized spacial score (nSPS) is 16.1. The van der Waals surface area contributed by atoms with Gasteiger partial charge in [-0.15, -0.1) is 0 Å². The number of hydrogen-bond donors (Lipinski definition) is 1. The molecule has 0 bridgehead atoms. The Labute approximate surface area is 99.9 Å². The standard InChI is InChI=1S/C11H16N4O2/c1-9(17)14-4-6-15(7-5-14)11-2-3-12-10(8-16)13-11/h2-3,16H,4-8H2,1H3. The number of nitrogens with zero attached hydrogens (tertiary/aromatic N) is 4. The third kappa shape index (κ3) is 2.71. The summed E-state index contributed by atoms with van der Waals surface area (Å²) in [5, 5.41) is 8.98. The Balaban J connectivity index is 2.02. The molecule has 6 heteroatoms. The molecule has 1 aromatic heterocycles. The summed E-state index contributed by atoms with van der Waals surface area (Å²) in [7, 11) is 0. The van der Waals surface area contributed by atoms with Crippen LogP contribution in [0.2, 0.25) is 0 Å². The Bertz CT molecular complexity index is 402. The molecule has 6 nitrogen and oxygen atoms in total. The number of amides is 1. The van der Waals surface area contributed by atoms with Crippen molar-refractivity contribution in [3.63, 3.8) is 0 Å². The van der Waals surface area contributed by atoms with Crippen molar-refractivity contribution in [2.75, 3.05) is 31.1 Å². The van der Waals surface area contributed by atoms with E-state index in [1.54, 1.807) is 13.1 Å². The van der Waals surface area contributed by atoms with Gasteiger partial charge in [0.05, 0.1) is 0 Å². The summed E-state index contributed by atoms with van der Waals surface area (Å²) in [6.45, 7) is 4.40. The summed E-state index contributed by atoms with van der Waals surface area (Å²) in [5.74, 6) is 1.35. The van der Waals surface area contributed by atoms with Crippen LogP contribution in [-0.2, 0) is 11.4 Å². The first-order valence-electron chi connectivity index (χ1n) is 5.64. The van der Waals surface area contributed by atoms with Gasteiger partial charge in [0.2, 0.25) is 5.91 Å². The van der Waals surface area contributed by atoms with Gasteiger partial charge in [0.25, 0.3) is 0 Å². The van der Waals surface area contributed by atoms with Crippen molar-refractivity contribution in [2.45, 2.75) is 13.5 Å². The third-order valence-corrected chi connectivity index (χ3v) is 2.88. The van der Waals surface area contributed by atoms with Crippen molar-refractivity contribution >= 4 is 11.7 Å². The molecule has 0 radical (unpaired) electrons. The molecule has 1 fully saturated rings. The lowest BCUT2D eigenvalue weighted by atomic mass is 10.3. The Morgan fingerprint density at radius 2 is 2.12 bits per heavy atom. The average molecular weight is 236 g/mol. The first kappa shape index (κ1) is 11.8. The highest BCUT2D eigenvalue weighted by molar-refractivity contribution is 5.73. The number of aliphatic hydroxyl groups excluding tert-OH is 1. The maximum Gasteiger partial charge on any atom is 0.219 e. The van der Waals surface area contributed by atoms with E-state index in [2.05, 4.69) is 14.9 Å². The summed E-state index contributed by atoms with van der Waals surface area (Å²) in [6, 6.07) is 1.82. The van der Waals surface area contributed by atoms with Crippen LogP contribution in [-0.4, -0.2) is 52.1 Å². The first-order valence-corrected chi connectivity index (χ1v) is 5.64. The van der Waals surface area contributed by atoms with E-state index >= 15 is 0 Å². The smallest absolute Gasteiger partial charge is 0.219 e. The number of carbonyl (C=O) groups excluding carboxylic acids is 1. The predicted octanol–water partition coefficient (Wildman–Crippen LogP) is -0.363. The van der Waals surface area contributed by atoms with Crippen molar-refractivity contribution in [1.82, 2.24) is 14.9 Å². The molecule has 1 saturated heterocycles. The molecule has 0 unspecified atom stereocenters. The van der Waals surface area contributed by atoms with E-state index in [9.17, 15) is 4.79 Å². The van der Waals surface area contributed by atoms with Crippen LogP contribution in [0.5, 0.6) is 0 Å². The van der Waals surface area contributed by atoms with E-state index in [1.807, 2.05) is 11.0 Å². The van der Waals surface area contributed by atoms with Gasteiger partial charge in [0.15, 0.2) is 5.82 Å². The quantitative estimate of drug-likeness (QED) is 0.759. The van der Waals surface area contributed by atoms with E-state index in [-0.39, 0.29) is 12.5 Å². The summed E-state index contributed by atoms with van der Waals surface area (Å²) < 4.78 is 0. The van der Waals surface area contributed by atoms with Crippen LogP contribution in [0.25, 0.3) is 0 Å². The number of aliphatic hydroxyl groups is 1. The van der Waals surface area contributed by atoms with Gasteiger partial charge in [-0.1, -0.05) is 0 Å². The molecule has 0 aliphatic carbocycles. The van der Waals surface area contributed by atoms with Gasteiger partial charge in [-0.25, -0.2) is 9.97 Å². The summed E-state index contributed by atoms with van der Waals surface area (Å²) in [6.07, 6.45) is 1.64. The largest absolute Gasteiger partial charge is 0.388 e. The molecule has 0 atom stereocenters. The van der Waals surface area contributed by atoms with E-state index in [0.717, 1.165) is 18.9 Å². The zero-order valence-electron chi connectivity index (χ0n) is 9.83. The minimum absolute atomic E-state index is 0.114. The fraction of sp³-hybridized carbons (Fsp3) is 0.545. The molecule has 0 spiro atoms. The lowest BCUT2D eigenvalue weighted by Crippen LogP contribution is -2.48. The number of carbonyl (C=O) groups is 1. The molecule has 1 N–H and O–H groups in total. The van der Waals surface area contributed by atoms with E-state index in [1.165, 1.54) is 0 Å². The molecule has 2 heterocycles. The second-order valence-electron chi connectivity index (χ2n) is 3.98. The summed E-state index contributed by atoms with van der Waals surface area (Å²) >= 11 is 0.